The Bertz CT molecular complexity index is 1230. The molecule has 4 aromatic carbocycles. The predicted molar refractivity (Wildman–Crippen MR) is 151 cm³/mol. The Labute approximate surface area is 228 Å². The standard InChI is InChI=1S/C31H28Cl3NO/c1-29(2,28(36)25-19-11-5-12-20-25)30(31(32,33)34,26-21-13-6-14-22-26)35-27(23-15-7-3-8-16-23)24-17-9-4-10-18-24/h3-22,27,35H,1-2H3. The third kappa shape index (κ3) is 4.96. The van der Waals surface area contributed by atoms with E-state index in [1.807, 2.05) is 123 Å². The van der Waals surface area contributed by atoms with Crippen LogP contribution in [-0.4, -0.2) is 9.58 Å². The molecule has 1 atom stereocenters. The van der Waals surface area contributed by atoms with Crippen LogP contribution in [0, 0.1) is 5.41 Å². The summed E-state index contributed by atoms with van der Waals surface area (Å²) in [5.74, 6) is -0.134. The number of carbonyl (C=O) groups is 1. The van der Waals surface area contributed by atoms with Crippen LogP contribution >= 0.6 is 34.8 Å². The smallest absolute Gasteiger partial charge is 0.213 e. The van der Waals surface area contributed by atoms with Crippen LogP contribution in [0.5, 0.6) is 0 Å². The first kappa shape index (κ1) is 26.4. The summed E-state index contributed by atoms with van der Waals surface area (Å²) in [4.78, 5) is 14.2. The average molecular weight is 537 g/mol. The Morgan fingerprint density at radius 1 is 0.639 bits per heavy atom. The molecule has 0 heterocycles. The van der Waals surface area contributed by atoms with E-state index in [2.05, 4.69) is 5.32 Å². The molecule has 0 aliphatic rings. The second-order valence-electron chi connectivity index (χ2n) is 9.33. The SMILES string of the molecule is CC(C)(C(=O)c1ccccc1)C(NC(c1ccccc1)c1ccccc1)(c1ccccc1)C(Cl)(Cl)Cl. The lowest BCUT2D eigenvalue weighted by Crippen LogP contribution is -2.64. The summed E-state index contributed by atoms with van der Waals surface area (Å²) in [7, 11) is 0. The van der Waals surface area contributed by atoms with Gasteiger partial charge in [0.05, 0.1) is 11.5 Å². The fourth-order valence-electron chi connectivity index (χ4n) is 4.90. The maximum atomic E-state index is 14.2. The normalized spacial score (nSPS) is 13.8. The van der Waals surface area contributed by atoms with Crippen molar-refractivity contribution < 1.29 is 4.79 Å². The number of ketones is 1. The molecule has 5 heteroatoms. The summed E-state index contributed by atoms with van der Waals surface area (Å²) in [6.07, 6.45) is 0. The lowest BCUT2D eigenvalue weighted by molar-refractivity contribution is 0.0583. The third-order valence-electron chi connectivity index (χ3n) is 6.80. The maximum absolute atomic E-state index is 14.2. The van der Waals surface area contributed by atoms with Crippen LogP contribution < -0.4 is 5.32 Å². The molecular weight excluding hydrogens is 509 g/mol. The number of carbonyl (C=O) groups excluding carboxylic acids is 1. The topological polar surface area (TPSA) is 29.1 Å². The van der Waals surface area contributed by atoms with Crippen LogP contribution in [0.15, 0.2) is 121 Å². The molecule has 36 heavy (non-hydrogen) atoms. The first-order valence-electron chi connectivity index (χ1n) is 11.8. The van der Waals surface area contributed by atoms with E-state index >= 15 is 0 Å². The molecule has 0 saturated heterocycles. The van der Waals surface area contributed by atoms with E-state index < -0.39 is 14.7 Å². The van der Waals surface area contributed by atoms with Crippen molar-refractivity contribution in [3.63, 3.8) is 0 Å². The second kappa shape index (κ2) is 10.8. The zero-order valence-corrected chi connectivity index (χ0v) is 22.4. The van der Waals surface area contributed by atoms with Gasteiger partial charge >= 0.3 is 0 Å². The summed E-state index contributed by atoms with van der Waals surface area (Å²) in [5.41, 5.74) is 0.617. The van der Waals surface area contributed by atoms with E-state index in [0.29, 0.717) is 11.1 Å². The van der Waals surface area contributed by atoms with Gasteiger partial charge in [0.15, 0.2) is 5.78 Å². The Balaban J connectivity index is 1.99. The first-order chi connectivity index (χ1) is 17.2. The van der Waals surface area contributed by atoms with Crippen LogP contribution in [0.2, 0.25) is 0 Å². The highest BCUT2D eigenvalue weighted by Gasteiger charge is 2.62. The largest absolute Gasteiger partial charge is 0.293 e. The second-order valence-corrected chi connectivity index (χ2v) is 11.6. The Kier molecular flexibility index (Phi) is 7.92. The highest BCUT2D eigenvalue weighted by molar-refractivity contribution is 6.68. The molecule has 2 nitrogen and oxygen atoms in total. The molecule has 0 radical (unpaired) electrons. The minimum Gasteiger partial charge on any atom is -0.293 e. The minimum absolute atomic E-state index is 0.134. The van der Waals surface area contributed by atoms with E-state index in [1.54, 1.807) is 12.1 Å². The molecule has 0 aromatic heterocycles. The van der Waals surface area contributed by atoms with Crippen molar-refractivity contribution >= 4 is 40.6 Å². The van der Waals surface area contributed by atoms with Gasteiger partial charge in [-0.25, -0.2) is 0 Å². The lowest BCUT2D eigenvalue weighted by Gasteiger charge is -2.52. The minimum atomic E-state index is -1.91. The molecule has 0 aliphatic heterocycles. The Hall–Kier alpha value is -2.62. The van der Waals surface area contributed by atoms with Gasteiger partial charge in [0.2, 0.25) is 3.79 Å². The molecule has 0 bridgehead atoms. The van der Waals surface area contributed by atoms with Crippen molar-refractivity contribution in [2.45, 2.75) is 29.2 Å². The molecule has 0 amide bonds. The van der Waals surface area contributed by atoms with Crippen LogP contribution in [0.25, 0.3) is 0 Å². The summed E-state index contributed by atoms with van der Waals surface area (Å²) in [5, 5.41) is 3.73. The van der Waals surface area contributed by atoms with E-state index in [-0.39, 0.29) is 11.8 Å². The van der Waals surface area contributed by atoms with Crippen molar-refractivity contribution in [2.24, 2.45) is 5.41 Å². The Morgan fingerprint density at radius 2 is 1.03 bits per heavy atom. The molecule has 0 spiro atoms. The molecule has 4 rings (SSSR count). The fraction of sp³-hybridized carbons (Fsp3) is 0.194. The van der Waals surface area contributed by atoms with Crippen LogP contribution in [0.4, 0.5) is 0 Å². The van der Waals surface area contributed by atoms with Gasteiger partial charge in [0.1, 0.15) is 5.54 Å². The number of nitrogens with one attached hydrogen (secondary N) is 1. The summed E-state index contributed by atoms with van der Waals surface area (Å²) >= 11 is 20.8. The van der Waals surface area contributed by atoms with Crippen LogP contribution in [-0.2, 0) is 5.54 Å². The van der Waals surface area contributed by atoms with Crippen LogP contribution in [0.3, 0.4) is 0 Å². The molecular formula is C31H28Cl3NO. The van der Waals surface area contributed by atoms with Crippen molar-refractivity contribution in [1.82, 2.24) is 5.32 Å². The van der Waals surface area contributed by atoms with E-state index in [0.717, 1.165) is 11.1 Å². The number of alkyl halides is 3. The first-order valence-corrected chi connectivity index (χ1v) is 12.9. The van der Waals surface area contributed by atoms with Gasteiger partial charge in [-0.05, 0) is 16.7 Å². The van der Waals surface area contributed by atoms with Gasteiger partial charge in [0, 0.05) is 5.56 Å². The van der Waals surface area contributed by atoms with Crippen LogP contribution in [0.1, 0.15) is 46.9 Å². The zero-order valence-electron chi connectivity index (χ0n) is 20.2. The van der Waals surface area contributed by atoms with E-state index in [4.69, 9.17) is 34.8 Å². The maximum Gasteiger partial charge on any atom is 0.213 e. The number of hydrogen-bond acceptors (Lipinski definition) is 2. The number of halogens is 3. The molecule has 1 N–H and O–H groups in total. The zero-order chi connectivity index (χ0) is 25.8. The van der Waals surface area contributed by atoms with E-state index in [1.165, 1.54) is 0 Å². The van der Waals surface area contributed by atoms with Gasteiger partial charge in [-0.3, -0.25) is 10.1 Å². The highest BCUT2D eigenvalue weighted by atomic mass is 35.6. The quantitative estimate of drug-likeness (QED) is 0.180. The molecule has 4 aromatic rings. The third-order valence-corrected chi connectivity index (χ3v) is 7.65. The average Bonchev–Trinajstić information content (AvgIpc) is 2.90. The highest BCUT2D eigenvalue weighted by Crippen LogP contribution is 2.57. The van der Waals surface area contributed by atoms with Gasteiger partial charge in [0.25, 0.3) is 0 Å². The molecule has 0 fully saturated rings. The van der Waals surface area contributed by atoms with Crippen molar-refractivity contribution in [3.8, 4) is 0 Å². The van der Waals surface area contributed by atoms with Gasteiger partial charge < -0.3 is 0 Å². The fourth-order valence-corrected chi connectivity index (χ4v) is 6.10. The van der Waals surface area contributed by atoms with Gasteiger partial charge in [-0.2, -0.15) is 0 Å². The summed E-state index contributed by atoms with van der Waals surface area (Å²) in [6, 6.07) is 38.3. The molecule has 0 aliphatic carbocycles. The molecule has 1 unspecified atom stereocenters. The Morgan fingerprint density at radius 3 is 1.44 bits per heavy atom. The van der Waals surface area contributed by atoms with Gasteiger partial charge in [-0.1, -0.05) is 170 Å². The van der Waals surface area contributed by atoms with Crippen molar-refractivity contribution in [3.05, 3.63) is 144 Å². The number of Topliss-reactive ketones (excluding diaryl/α,β-unsaturated/α-hetero) is 1. The number of rotatable bonds is 8. The molecule has 0 saturated carbocycles. The summed E-state index contributed by atoms with van der Waals surface area (Å²) in [6.45, 7) is 3.69. The van der Waals surface area contributed by atoms with E-state index in [9.17, 15) is 4.79 Å². The predicted octanol–water partition coefficient (Wildman–Crippen LogP) is 8.54. The summed E-state index contributed by atoms with van der Waals surface area (Å²) < 4.78 is -1.91. The van der Waals surface area contributed by atoms with Crippen molar-refractivity contribution in [2.75, 3.05) is 0 Å². The number of hydrogen-bond donors (Lipinski definition) is 1. The number of benzene rings is 4. The monoisotopic (exact) mass is 535 g/mol. The molecule has 184 valence electrons. The van der Waals surface area contributed by atoms with Crippen molar-refractivity contribution in [1.29, 1.82) is 0 Å². The van der Waals surface area contributed by atoms with Gasteiger partial charge in [-0.15, -0.1) is 0 Å². The lowest BCUT2D eigenvalue weighted by atomic mass is 9.64.